The van der Waals surface area contributed by atoms with Gasteiger partial charge in [-0.25, -0.2) is 0 Å². The second kappa shape index (κ2) is 4.80. The number of nitrogens with two attached hydrogens (primary N) is 1. The molecule has 0 amide bonds. The van der Waals surface area contributed by atoms with Crippen molar-refractivity contribution < 1.29 is 4.74 Å². The van der Waals surface area contributed by atoms with Gasteiger partial charge < -0.3 is 10.5 Å². The van der Waals surface area contributed by atoms with Crippen LogP contribution in [0.2, 0.25) is 5.02 Å². The number of nitrogens with zero attached hydrogens (tertiary/aromatic N) is 1. The number of nitrogen functional groups attached to an aromatic ring is 1. The molecule has 2 N–H and O–H groups in total. The molecule has 0 atom stereocenters. The molecule has 3 nitrogen and oxygen atoms in total. The van der Waals surface area contributed by atoms with Crippen LogP contribution >= 0.6 is 11.6 Å². The Balaban J connectivity index is 2.74. The summed E-state index contributed by atoms with van der Waals surface area (Å²) in [5.74, 6) is 0.706. The Morgan fingerprint density at radius 2 is 2.18 bits per heavy atom. The van der Waals surface area contributed by atoms with Crippen molar-refractivity contribution >= 4 is 28.2 Å². The molecule has 0 aliphatic rings. The Hall–Kier alpha value is -1.48. The second-order valence-electron chi connectivity index (χ2n) is 3.93. The number of aryl methyl sites for hydroxylation is 1. The predicted octanol–water partition coefficient (Wildman–Crippen LogP) is 3.43. The minimum atomic E-state index is 0.602. The lowest BCUT2D eigenvalue weighted by molar-refractivity contribution is 0.420. The molecule has 1 heterocycles. The van der Waals surface area contributed by atoms with Crippen molar-refractivity contribution in [2.75, 3.05) is 12.8 Å². The molecule has 1 aromatic carbocycles. The van der Waals surface area contributed by atoms with E-state index in [0.717, 1.165) is 29.4 Å². The van der Waals surface area contributed by atoms with Crippen LogP contribution in [0.5, 0.6) is 5.75 Å². The second-order valence-corrected chi connectivity index (χ2v) is 4.33. The highest BCUT2D eigenvalue weighted by Crippen LogP contribution is 2.34. The number of halogens is 1. The summed E-state index contributed by atoms with van der Waals surface area (Å²) in [4.78, 5) is 4.54. The molecule has 0 saturated heterocycles. The van der Waals surface area contributed by atoms with Gasteiger partial charge >= 0.3 is 0 Å². The molecule has 0 aliphatic carbocycles. The van der Waals surface area contributed by atoms with E-state index in [-0.39, 0.29) is 0 Å². The lowest BCUT2D eigenvalue weighted by Crippen LogP contribution is -1.98. The first-order chi connectivity index (χ1) is 8.17. The van der Waals surface area contributed by atoms with Crippen molar-refractivity contribution in [3.8, 4) is 5.75 Å². The molecule has 0 radical (unpaired) electrons. The molecule has 1 aromatic heterocycles. The molecule has 17 heavy (non-hydrogen) atoms. The van der Waals surface area contributed by atoms with Gasteiger partial charge in [-0.15, -0.1) is 0 Å². The Morgan fingerprint density at radius 1 is 1.41 bits per heavy atom. The van der Waals surface area contributed by atoms with E-state index in [0.29, 0.717) is 16.5 Å². The zero-order valence-electron chi connectivity index (χ0n) is 9.96. The van der Waals surface area contributed by atoms with E-state index in [1.165, 1.54) is 0 Å². The van der Waals surface area contributed by atoms with Gasteiger partial charge in [0.05, 0.1) is 23.0 Å². The Morgan fingerprint density at radius 3 is 2.82 bits per heavy atom. The van der Waals surface area contributed by atoms with E-state index < -0.39 is 0 Å². The predicted molar refractivity (Wildman–Crippen MR) is 71.7 cm³/mol. The molecule has 0 unspecified atom stereocenters. The first kappa shape index (κ1) is 12.0. The number of pyridine rings is 1. The van der Waals surface area contributed by atoms with E-state index in [1.807, 2.05) is 12.1 Å². The zero-order valence-corrected chi connectivity index (χ0v) is 10.7. The molecule has 0 aliphatic heterocycles. The lowest BCUT2D eigenvalue weighted by atomic mass is 10.1. The molecule has 4 heteroatoms. The summed E-state index contributed by atoms with van der Waals surface area (Å²) in [6, 6.07) is 5.48. The molecule has 2 aromatic rings. The van der Waals surface area contributed by atoms with Crippen LogP contribution in [0.25, 0.3) is 10.9 Å². The first-order valence-corrected chi connectivity index (χ1v) is 5.96. The van der Waals surface area contributed by atoms with Crippen LogP contribution in [0.3, 0.4) is 0 Å². The van der Waals surface area contributed by atoms with Gasteiger partial charge in [0.1, 0.15) is 5.75 Å². The quantitative estimate of drug-likeness (QED) is 0.908. The van der Waals surface area contributed by atoms with Crippen molar-refractivity contribution in [3.63, 3.8) is 0 Å². The lowest BCUT2D eigenvalue weighted by Gasteiger charge is -2.10. The van der Waals surface area contributed by atoms with Crippen molar-refractivity contribution in [3.05, 3.63) is 28.9 Å². The number of hydrogen-bond donors (Lipinski definition) is 1. The molecule has 2 rings (SSSR count). The summed E-state index contributed by atoms with van der Waals surface area (Å²) < 4.78 is 5.28. The zero-order chi connectivity index (χ0) is 12.4. The number of rotatable bonds is 3. The van der Waals surface area contributed by atoms with Gasteiger partial charge in [0.15, 0.2) is 0 Å². The van der Waals surface area contributed by atoms with Gasteiger partial charge in [0.25, 0.3) is 0 Å². The fraction of sp³-hybridized carbons (Fsp3) is 0.308. The van der Waals surface area contributed by atoms with Crippen LogP contribution in [0.15, 0.2) is 18.2 Å². The number of benzene rings is 1. The van der Waals surface area contributed by atoms with Crippen LogP contribution in [-0.2, 0) is 6.42 Å². The van der Waals surface area contributed by atoms with Gasteiger partial charge in [0.2, 0.25) is 0 Å². The minimum absolute atomic E-state index is 0.602. The molecule has 90 valence electrons. The maximum atomic E-state index is 6.16. The Kier molecular flexibility index (Phi) is 3.38. The molecular formula is C13H15ClN2O. The van der Waals surface area contributed by atoms with Crippen LogP contribution in [0, 0.1) is 0 Å². The monoisotopic (exact) mass is 250 g/mol. The number of aromatic nitrogens is 1. The molecule has 0 fully saturated rings. The van der Waals surface area contributed by atoms with E-state index >= 15 is 0 Å². The highest BCUT2D eigenvalue weighted by Gasteiger charge is 2.11. The fourth-order valence-corrected chi connectivity index (χ4v) is 2.12. The van der Waals surface area contributed by atoms with E-state index in [9.17, 15) is 0 Å². The molecule has 0 bridgehead atoms. The van der Waals surface area contributed by atoms with Crippen molar-refractivity contribution in [2.45, 2.75) is 19.8 Å². The van der Waals surface area contributed by atoms with Crippen LogP contribution in [-0.4, -0.2) is 12.1 Å². The van der Waals surface area contributed by atoms with Gasteiger partial charge in [0, 0.05) is 11.4 Å². The van der Waals surface area contributed by atoms with Crippen molar-refractivity contribution in [2.24, 2.45) is 0 Å². The van der Waals surface area contributed by atoms with Crippen molar-refractivity contribution in [1.82, 2.24) is 4.98 Å². The largest absolute Gasteiger partial charge is 0.496 e. The summed E-state index contributed by atoms with van der Waals surface area (Å²) in [5.41, 5.74) is 8.40. The first-order valence-electron chi connectivity index (χ1n) is 5.59. The highest BCUT2D eigenvalue weighted by molar-refractivity contribution is 6.35. The third-order valence-corrected chi connectivity index (χ3v) is 2.99. The summed E-state index contributed by atoms with van der Waals surface area (Å²) >= 11 is 6.16. The number of anilines is 1. The van der Waals surface area contributed by atoms with Crippen LogP contribution in [0.1, 0.15) is 19.0 Å². The van der Waals surface area contributed by atoms with Gasteiger partial charge in [-0.3, -0.25) is 4.98 Å². The van der Waals surface area contributed by atoms with E-state index in [2.05, 4.69) is 11.9 Å². The number of methoxy groups -OCH3 is 1. The van der Waals surface area contributed by atoms with E-state index in [1.54, 1.807) is 13.2 Å². The molecule has 0 spiro atoms. The van der Waals surface area contributed by atoms with Gasteiger partial charge in [-0.2, -0.15) is 0 Å². The smallest absolute Gasteiger partial charge is 0.130 e. The standard InChI is InChI=1S/C13H15ClN2O/c1-3-4-8-7-10(15)12-11(17-2)6-5-9(14)13(12)16-8/h5-7H,3-4H2,1-2H3,(H2,15,16). The highest BCUT2D eigenvalue weighted by atomic mass is 35.5. The molecular weight excluding hydrogens is 236 g/mol. The summed E-state index contributed by atoms with van der Waals surface area (Å²) in [6.07, 6.45) is 1.92. The third-order valence-electron chi connectivity index (χ3n) is 2.68. The maximum absolute atomic E-state index is 6.16. The fourth-order valence-electron chi connectivity index (χ4n) is 1.92. The topological polar surface area (TPSA) is 48.1 Å². The number of hydrogen-bond acceptors (Lipinski definition) is 3. The number of fused-ring (bicyclic) bond motifs is 1. The maximum Gasteiger partial charge on any atom is 0.130 e. The Labute approximate surface area is 106 Å². The SMILES string of the molecule is CCCc1cc(N)c2c(OC)ccc(Cl)c2n1. The van der Waals surface area contributed by atoms with Crippen LogP contribution in [0.4, 0.5) is 5.69 Å². The average Bonchev–Trinajstić information content (AvgIpc) is 2.31. The minimum Gasteiger partial charge on any atom is -0.496 e. The van der Waals surface area contributed by atoms with Gasteiger partial charge in [-0.05, 0) is 24.6 Å². The molecule has 0 saturated carbocycles. The average molecular weight is 251 g/mol. The normalized spacial score (nSPS) is 10.8. The third kappa shape index (κ3) is 2.15. The van der Waals surface area contributed by atoms with Crippen molar-refractivity contribution in [1.29, 1.82) is 0 Å². The summed E-state index contributed by atoms with van der Waals surface area (Å²) in [5, 5.41) is 1.39. The summed E-state index contributed by atoms with van der Waals surface area (Å²) in [7, 11) is 1.61. The Bertz CT molecular complexity index is 555. The number of ether oxygens (including phenoxy) is 1. The summed E-state index contributed by atoms with van der Waals surface area (Å²) in [6.45, 7) is 2.11. The van der Waals surface area contributed by atoms with Gasteiger partial charge in [-0.1, -0.05) is 24.9 Å². The van der Waals surface area contributed by atoms with Crippen LogP contribution < -0.4 is 10.5 Å². The van der Waals surface area contributed by atoms with E-state index in [4.69, 9.17) is 22.1 Å².